The van der Waals surface area contributed by atoms with Crippen molar-refractivity contribution < 1.29 is 10.2 Å². The Labute approximate surface area is 197 Å². The fourth-order valence-electron chi connectivity index (χ4n) is 8.97. The molecule has 1 unspecified atom stereocenters. The van der Waals surface area contributed by atoms with Crippen molar-refractivity contribution in [2.24, 2.45) is 45.8 Å². The van der Waals surface area contributed by atoms with Gasteiger partial charge in [-0.25, -0.2) is 0 Å². The summed E-state index contributed by atoms with van der Waals surface area (Å²) >= 11 is 0. The average Bonchev–Trinajstić information content (AvgIpc) is 3.09. The maximum absolute atomic E-state index is 10.8. The van der Waals surface area contributed by atoms with E-state index in [2.05, 4.69) is 53.0 Å². The van der Waals surface area contributed by atoms with Gasteiger partial charge < -0.3 is 10.2 Å². The Morgan fingerprint density at radius 1 is 1.16 bits per heavy atom. The summed E-state index contributed by atoms with van der Waals surface area (Å²) in [6.07, 6.45) is 15.8. The van der Waals surface area contributed by atoms with E-state index in [1.165, 1.54) is 38.5 Å². The third kappa shape index (κ3) is 3.99. The molecule has 0 spiro atoms. The lowest BCUT2D eigenvalue weighted by atomic mass is 9.47. The van der Waals surface area contributed by atoms with Crippen LogP contribution in [0.15, 0.2) is 30.0 Å². The third-order valence-corrected chi connectivity index (χ3v) is 11.1. The lowest BCUT2D eigenvalue weighted by Gasteiger charge is -2.58. The van der Waals surface area contributed by atoms with Crippen molar-refractivity contribution in [2.45, 2.75) is 111 Å². The topological polar surface area (TPSA) is 40.5 Å². The van der Waals surface area contributed by atoms with Crippen LogP contribution in [-0.2, 0) is 0 Å². The molecule has 2 N–H and O–H groups in total. The smallest absolute Gasteiger partial charge is 0.0631 e. The molecule has 0 aromatic rings. The Bertz CT molecular complexity index is 774. The van der Waals surface area contributed by atoms with Gasteiger partial charge in [-0.2, -0.15) is 0 Å². The van der Waals surface area contributed by atoms with Crippen LogP contribution in [0.1, 0.15) is 98.8 Å². The summed E-state index contributed by atoms with van der Waals surface area (Å²) in [6, 6.07) is 0. The summed E-state index contributed by atoms with van der Waals surface area (Å²) < 4.78 is 0. The van der Waals surface area contributed by atoms with Gasteiger partial charge in [0.05, 0.1) is 12.2 Å². The van der Waals surface area contributed by atoms with E-state index in [1.54, 1.807) is 5.57 Å². The van der Waals surface area contributed by atoms with Crippen LogP contribution in [-0.4, -0.2) is 22.4 Å². The van der Waals surface area contributed by atoms with Crippen molar-refractivity contribution in [3.8, 4) is 0 Å². The number of aliphatic hydroxyl groups is 2. The number of aliphatic hydroxyl groups excluding tert-OH is 2. The van der Waals surface area contributed by atoms with Gasteiger partial charge in [0.1, 0.15) is 0 Å². The van der Waals surface area contributed by atoms with Crippen LogP contribution in [0.2, 0.25) is 0 Å². The van der Waals surface area contributed by atoms with E-state index in [-0.39, 0.29) is 17.6 Å². The molecule has 4 aliphatic carbocycles. The molecule has 32 heavy (non-hydrogen) atoms. The molecule has 0 amide bonds. The zero-order valence-electron chi connectivity index (χ0n) is 21.4. The molecule has 0 radical (unpaired) electrons. The van der Waals surface area contributed by atoms with Crippen LogP contribution in [0, 0.1) is 45.8 Å². The summed E-state index contributed by atoms with van der Waals surface area (Å²) in [5.74, 6) is 3.94. The van der Waals surface area contributed by atoms with Crippen LogP contribution >= 0.6 is 0 Å². The van der Waals surface area contributed by atoms with Gasteiger partial charge in [-0.05, 0) is 111 Å². The first-order valence-electron chi connectivity index (χ1n) is 13.5. The summed E-state index contributed by atoms with van der Waals surface area (Å²) in [5, 5.41) is 21.0. The van der Waals surface area contributed by atoms with Gasteiger partial charge in [-0.1, -0.05) is 52.8 Å². The Morgan fingerprint density at radius 2 is 1.91 bits per heavy atom. The van der Waals surface area contributed by atoms with Gasteiger partial charge in [0.15, 0.2) is 0 Å². The van der Waals surface area contributed by atoms with Crippen molar-refractivity contribution in [3.63, 3.8) is 0 Å². The highest BCUT2D eigenvalue weighted by Crippen LogP contribution is 2.67. The lowest BCUT2D eigenvalue weighted by molar-refractivity contribution is -0.0582. The fraction of sp³-hybridized carbons (Fsp3) is 0.833. The maximum atomic E-state index is 10.8. The molecule has 2 nitrogen and oxygen atoms in total. The Hall–Kier alpha value is -0.820. The van der Waals surface area contributed by atoms with Crippen molar-refractivity contribution >= 4 is 0 Å². The second-order valence-corrected chi connectivity index (χ2v) is 13.1. The summed E-state index contributed by atoms with van der Waals surface area (Å²) in [7, 11) is 0. The number of hydrogen-bond acceptors (Lipinski definition) is 2. The molecule has 4 aliphatic rings. The molecule has 0 aliphatic heterocycles. The number of fused-ring (bicyclic) bond motifs is 5. The number of rotatable bonds is 6. The molecular formula is C30H48O2. The predicted octanol–water partition coefficient (Wildman–Crippen LogP) is 7.07. The van der Waals surface area contributed by atoms with Gasteiger partial charge in [0.25, 0.3) is 0 Å². The van der Waals surface area contributed by atoms with E-state index in [9.17, 15) is 10.2 Å². The van der Waals surface area contributed by atoms with Crippen LogP contribution in [0.4, 0.5) is 0 Å². The molecule has 9 atom stereocenters. The normalized spacial score (nSPS) is 43.2. The minimum Gasteiger partial charge on any atom is -0.393 e. The van der Waals surface area contributed by atoms with Gasteiger partial charge in [-0.15, -0.1) is 5.73 Å². The first-order chi connectivity index (χ1) is 15.0. The quantitative estimate of drug-likeness (QED) is 0.342. The SMILES string of the molecule is C=C=CC(C)(C)C(O)CC[C@@H](C)[C@H]1CC[C@H]2[C@@H]3CC=C4C[C@@H](O)CC[C@]4(C)[C@H]3CC[C@]12C. The minimum atomic E-state index is -0.330. The third-order valence-electron chi connectivity index (χ3n) is 11.1. The summed E-state index contributed by atoms with van der Waals surface area (Å²) in [4.78, 5) is 0. The molecule has 2 heteroatoms. The second-order valence-electron chi connectivity index (χ2n) is 13.1. The first-order valence-corrected chi connectivity index (χ1v) is 13.5. The van der Waals surface area contributed by atoms with Crippen LogP contribution in [0.5, 0.6) is 0 Å². The van der Waals surface area contributed by atoms with Gasteiger partial charge in [0.2, 0.25) is 0 Å². The van der Waals surface area contributed by atoms with E-state index in [1.807, 2.05) is 6.08 Å². The number of allylic oxidation sites excluding steroid dienone is 1. The van der Waals surface area contributed by atoms with Crippen LogP contribution in [0.25, 0.3) is 0 Å². The van der Waals surface area contributed by atoms with Crippen molar-refractivity contribution in [1.29, 1.82) is 0 Å². The highest BCUT2D eigenvalue weighted by Gasteiger charge is 2.59. The van der Waals surface area contributed by atoms with Gasteiger partial charge in [0, 0.05) is 5.41 Å². The molecular weight excluding hydrogens is 392 g/mol. The van der Waals surface area contributed by atoms with Crippen LogP contribution in [0.3, 0.4) is 0 Å². The largest absolute Gasteiger partial charge is 0.393 e. The summed E-state index contributed by atoms with van der Waals surface area (Å²) in [5.41, 5.74) is 4.99. The van der Waals surface area contributed by atoms with E-state index >= 15 is 0 Å². The van der Waals surface area contributed by atoms with E-state index in [0.717, 1.165) is 49.4 Å². The van der Waals surface area contributed by atoms with Crippen molar-refractivity contribution in [3.05, 3.63) is 30.0 Å². The molecule has 0 bridgehead atoms. The average molecular weight is 441 g/mol. The monoisotopic (exact) mass is 440 g/mol. The lowest BCUT2D eigenvalue weighted by Crippen LogP contribution is -2.50. The fourth-order valence-corrected chi connectivity index (χ4v) is 8.97. The standard InChI is InChI=1S/C30H48O2/c1-7-16-28(3,4)27(32)13-8-20(2)24-11-12-25-23-10-9-21-19-22(31)14-17-29(21,5)26(23)15-18-30(24,25)6/h9,16,20,22-27,31-32H,1,8,10-15,17-19H2,2-6H3/t20-,22+,23+,24-,25+,26+,27?,29+,30-/m1/s1. The molecule has 180 valence electrons. The highest BCUT2D eigenvalue weighted by molar-refractivity contribution is 5.25. The number of hydrogen-bond donors (Lipinski definition) is 2. The van der Waals surface area contributed by atoms with Gasteiger partial charge in [-0.3, -0.25) is 0 Å². The van der Waals surface area contributed by atoms with E-state index < -0.39 is 0 Å². The van der Waals surface area contributed by atoms with Crippen LogP contribution < -0.4 is 0 Å². The zero-order valence-corrected chi connectivity index (χ0v) is 21.4. The van der Waals surface area contributed by atoms with Crippen molar-refractivity contribution in [1.82, 2.24) is 0 Å². The Morgan fingerprint density at radius 3 is 2.62 bits per heavy atom. The first kappa shape index (κ1) is 24.3. The van der Waals surface area contributed by atoms with E-state index in [4.69, 9.17) is 0 Å². The Kier molecular flexibility index (Phi) is 6.65. The molecule has 0 heterocycles. The minimum absolute atomic E-state index is 0.112. The molecule has 0 aromatic carbocycles. The zero-order chi connectivity index (χ0) is 23.3. The van der Waals surface area contributed by atoms with Gasteiger partial charge >= 0.3 is 0 Å². The molecule has 0 saturated heterocycles. The highest BCUT2D eigenvalue weighted by atomic mass is 16.3. The maximum Gasteiger partial charge on any atom is 0.0631 e. The second kappa shape index (κ2) is 8.75. The van der Waals surface area contributed by atoms with E-state index in [0.29, 0.717) is 16.7 Å². The molecule has 3 fully saturated rings. The van der Waals surface area contributed by atoms with Crippen molar-refractivity contribution in [2.75, 3.05) is 0 Å². The predicted molar refractivity (Wildman–Crippen MR) is 133 cm³/mol. The Balaban J connectivity index is 1.45. The molecule has 4 rings (SSSR count). The molecule has 3 saturated carbocycles. The summed E-state index contributed by atoms with van der Waals surface area (Å²) in [6.45, 7) is 15.5. The molecule has 0 aromatic heterocycles.